The maximum absolute atomic E-state index is 11.9. The predicted molar refractivity (Wildman–Crippen MR) is 81.7 cm³/mol. The van der Waals surface area contributed by atoms with Crippen molar-refractivity contribution in [3.8, 4) is 0 Å². The Morgan fingerprint density at radius 2 is 1.89 bits per heavy atom. The van der Waals surface area contributed by atoms with E-state index in [9.17, 15) is 4.79 Å². The molecule has 0 aliphatic heterocycles. The van der Waals surface area contributed by atoms with Crippen LogP contribution in [0.1, 0.15) is 33.1 Å². The molecule has 0 atom stereocenters. The Morgan fingerprint density at radius 3 is 2.47 bits per heavy atom. The topological polar surface area (TPSA) is 32.3 Å². The Hall–Kier alpha value is -1.06. The number of benzene rings is 1. The van der Waals surface area contributed by atoms with Crippen molar-refractivity contribution in [2.75, 3.05) is 25.0 Å². The van der Waals surface area contributed by atoms with E-state index in [4.69, 9.17) is 11.6 Å². The Morgan fingerprint density at radius 1 is 1.21 bits per heavy atom. The second-order valence-electron chi connectivity index (χ2n) is 4.65. The van der Waals surface area contributed by atoms with Gasteiger partial charge >= 0.3 is 0 Å². The van der Waals surface area contributed by atoms with E-state index in [0.29, 0.717) is 11.4 Å². The van der Waals surface area contributed by atoms with Gasteiger partial charge in [0, 0.05) is 23.7 Å². The summed E-state index contributed by atoms with van der Waals surface area (Å²) in [6.45, 7) is 7.24. The predicted octanol–water partition coefficient (Wildman–Crippen LogP) is 3.79. The van der Waals surface area contributed by atoms with E-state index in [1.54, 1.807) is 12.1 Å². The summed E-state index contributed by atoms with van der Waals surface area (Å²) in [4.78, 5) is 14.2. The van der Waals surface area contributed by atoms with Gasteiger partial charge in [0.1, 0.15) is 0 Å². The van der Waals surface area contributed by atoms with Gasteiger partial charge in [-0.05, 0) is 44.1 Å². The van der Waals surface area contributed by atoms with E-state index in [-0.39, 0.29) is 5.91 Å². The van der Waals surface area contributed by atoms with Crippen LogP contribution < -0.4 is 5.32 Å². The van der Waals surface area contributed by atoms with Crippen LogP contribution in [0.2, 0.25) is 5.02 Å². The Balaban J connectivity index is 2.38. The van der Waals surface area contributed by atoms with Gasteiger partial charge in [0.2, 0.25) is 5.91 Å². The fourth-order valence-electron chi connectivity index (χ4n) is 2.02. The first kappa shape index (κ1) is 16.0. The van der Waals surface area contributed by atoms with Crippen molar-refractivity contribution in [1.29, 1.82) is 0 Å². The molecule has 1 aromatic carbocycles. The summed E-state index contributed by atoms with van der Waals surface area (Å²) in [5, 5.41) is 3.51. The van der Waals surface area contributed by atoms with Gasteiger partial charge in [-0.15, -0.1) is 0 Å². The van der Waals surface area contributed by atoms with Crippen LogP contribution in [-0.4, -0.2) is 30.4 Å². The number of amides is 1. The standard InChI is InChI=1S/C15H23ClN2O/c1-3-9-18(10-4-2)11-8-15(19)17-14-7-5-6-13(16)12-14/h5-7,12H,3-4,8-11H2,1-2H3,(H,17,19). The van der Waals surface area contributed by atoms with Gasteiger partial charge in [-0.25, -0.2) is 0 Å². The quantitative estimate of drug-likeness (QED) is 0.787. The molecule has 3 nitrogen and oxygen atoms in total. The zero-order chi connectivity index (χ0) is 14.1. The number of nitrogens with zero attached hydrogens (tertiary/aromatic N) is 1. The summed E-state index contributed by atoms with van der Waals surface area (Å²) in [5.74, 6) is 0.0412. The number of halogens is 1. The maximum atomic E-state index is 11.9. The van der Waals surface area contributed by atoms with Crippen LogP contribution >= 0.6 is 11.6 Å². The minimum Gasteiger partial charge on any atom is -0.326 e. The van der Waals surface area contributed by atoms with Crippen molar-refractivity contribution in [1.82, 2.24) is 4.90 Å². The van der Waals surface area contributed by atoms with Gasteiger partial charge in [-0.3, -0.25) is 4.79 Å². The third-order valence-corrected chi connectivity index (χ3v) is 3.08. The van der Waals surface area contributed by atoms with Crippen molar-refractivity contribution in [2.24, 2.45) is 0 Å². The molecule has 106 valence electrons. The lowest BCUT2D eigenvalue weighted by Crippen LogP contribution is -2.29. The van der Waals surface area contributed by atoms with Crippen molar-refractivity contribution in [2.45, 2.75) is 33.1 Å². The monoisotopic (exact) mass is 282 g/mol. The second kappa shape index (κ2) is 8.94. The summed E-state index contributed by atoms with van der Waals surface area (Å²) in [5.41, 5.74) is 0.759. The van der Waals surface area contributed by atoms with Gasteiger partial charge in [-0.1, -0.05) is 31.5 Å². The third-order valence-electron chi connectivity index (χ3n) is 2.84. The number of nitrogens with one attached hydrogen (secondary N) is 1. The number of carbonyl (C=O) groups is 1. The fourth-order valence-corrected chi connectivity index (χ4v) is 2.21. The molecular weight excluding hydrogens is 260 g/mol. The van der Waals surface area contributed by atoms with Gasteiger partial charge < -0.3 is 10.2 Å². The van der Waals surface area contributed by atoms with E-state index in [0.717, 1.165) is 38.2 Å². The van der Waals surface area contributed by atoms with Crippen LogP contribution in [0.15, 0.2) is 24.3 Å². The SMILES string of the molecule is CCCN(CCC)CCC(=O)Nc1cccc(Cl)c1. The summed E-state index contributed by atoms with van der Waals surface area (Å²) in [7, 11) is 0. The first-order chi connectivity index (χ1) is 9.15. The highest BCUT2D eigenvalue weighted by Crippen LogP contribution is 2.15. The third kappa shape index (κ3) is 6.60. The molecule has 4 heteroatoms. The average molecular weight is 283 g/mol. The minimum atomic E-state index is 0.0412. The molecule has 19 heavy (non-hydrogen) atoms. The summed E-state index contributed by atoms with van der Waals surface area (Å²) in [6, 6.07) is 7.23. The van der Waals surface area contributed by atoms with Crippen LogP contribution in [0.5, 0.6) is 0 Å². The lowest BCUT2D eigenvalue weighted by molar-refractivity contribution is -0.116. The lowest BCUT2D eigenvalue weighted by Gasteiger charge is -2.20. The van der Waals surface area contributed by atoms with Gasteiger partial charge in [0.05, 0.1) is 0 Å². The molecule has 0 aliphatic carbocycles. The molecule has 0 saturated carbocycles. The Kier molecular flexibility index (Phi) is 7.53. The highest BCUT2D eigenvalue weighted by molar-refractivity contribution is 6.30. The first-order valence-corrected chi connectivity index (χ1v) is 7.31. The van der Waals surface area contributed by atoms with Gasteiger partial charge in [-0.2, -0.15) is 0 Å². The van der Waals surface area contributed by atoms with Crippen LogP contribution in [0.25, 0.3) is 0 Å². The summed E-state index contributed by atoms with van der Waals surface area (Å²) in [6.07, 6.45) is 2.76. The first-order valence-electron chi connectivity index (χ1n) is 6.93. The molecule has 0 radical (unpaired) electrons. The van der Waals surface area contributed by atoms with Crippen molar-refractivity contribution < 1.29 is 4.79 Å². The number of hydrogen-bond donors (Lipinski definition) is 1. The maximum Gasteiger partial charge on any atom is 0.225 e. The van der Waals surface area contributed by atoms with E-state index in [2.05, 4.69) is 24.1 Å². The largest absolute Gasteiger partial charge is 0.326 e. The van der Waals surface area contributed by atoms with Crippen molar-refractivity contribution >= 4 is 23.2 Å². The highest BCUT2D eigenvalue weighted by Gasteiger charge is 2.07. The van der Waals surface area contributed by atoms with Crippen molar-refractivity contribution in [3.05, 3.63) is 29.3 Å². The molecule has 1 amide bonds. The van der Waals surface area contributed by atoms with E-state index < -0.39 is 0 Å². The summed E-state index contributed by atoms with van der Waals surface area (Å²) < 4.78 is 0. The van der Waals surface area contributed by atoms with Crippen LogP contribution in [0.4, 0.5) is 5.69 Å². The minimum absolute atomic E-state index is 0.0412. The number of hydrogen-bond acceptors (Lipinski definition) is 2. The molecule has 0 saturated heterocycles. The molecular formula is C15H23ClN2O. The molecule has 0 bridgehead atoms. The molecule has 0 heterocycles. The molecule has 0 aliphatic rings. The zero-order valence-electron chi connectivity index (χ0n) is 11.8. The molecule has 1 aromatic rings. The van der Waals surface area contributed by atoms with Crippen LogP contribution in [0.3, 0.4) is 0 Å². The molecule has 1 N–H and O–H groups in total. The fraction of sp³-hybridized carbons (Fsp3) is 0.533. The molecule has 1 rings (SSSR count). The molecule has 0 unspecified atom stereocenters. The van der Waals surface area contributed by atoms with Crippen LogP contribution in [0, 0.1) is 0 Å². The van der Waals surface area contributed by atoms with Gasteiger partial charge in [0.15, 0.2) is 0 Å². The molecule has 0 spiro atoms. The van der Waals surface area contributed by atoms with Crippen molar-refractivity contribution in [3.63, 3.8) is 0 Å². The Bertz CT molecular complexity index is 389. The van der Waals surface area contributed by atoms with Gasteiger partial charge in [0.25, 0.3) is 0 Å². The smallest absolute Gasteiger partial charge is 0.225 e. The number of anilines is 1. The molecule has 0 fully saturated rings. The lowest BCUT2D eigenvalue weighted by atomic mass is 10.3. The van der Waals surface area contributed by atoms with E-state index in [1.807, 2.05) is 12.1 Å². The van der Waals surface area contributed by atoms with Crippen LogP contribution in [-0.2, 0) is 4.79 Å². The van der Waals surface area contributed by atoms with E-state index >= 15 is 0 Å². The van der Waals surface area contributed by atoms with E-state index in [1.165, 1.54) is 0 Å². The highest BCUT2D eigenvalue weighted by atomic mass is 35.5. The average Bonchev–Trinajstić information content (AvgIpc) is 2.36. The number of carbonyl (C=O) groups excluding carboxylic acids is 1. The molecule has 0 aromatic heterocycles. The number of rotatable bonds is 8. The summed E-state index contributed by atoms with van der Waals surface area (Å²) >= 11 is 5.88. The second-order valence-corrected chi connectivity index (χ2v) is 5.09. The zero-order valence-corrected chi connectivity index (χ0v) is 12.5. The Labute approximate surface area is 120 Å². The normalized spacial score (nSPS) is 10.7.